The molecule has 18 heavy (non-hydrogen) atoms. The van der Waals surface area contributed by atoms with Crippen LogP contribution in [0.25, 0.3) is 0 Å². The average molecular weight is 250 g/mol. The van der Waals surface area contributed by atoms with Gasteiger partial charge in [0.25, 0.3) is 0 Å². The molecule has 98 valence electrons. The van der Waals surface area contributed by atoms with Gasteiger partial charge in [0.1, 0.15) is 5.82 Å². The number of amides is 2. The van der Waals surface area contributed by atoms with Crippen LogP contribution in [0.15, 0.2) is 36.5 Å². The van der Waals surface area contributed by atoms with E-state index in [9.17, 15) is 9.18 Å². The Kier molecular flexibility index (Phi) is 4.89. The molecule has 0 saturated heterocycles. The predicted molar refractivity (Wildman–Crippen MR) is 70.4 cm³/mol. The quantitative estimate of drug-likeness (QED) is 0.850. The largest absolute Gasteiger partial charge is 0.334 e. The monoisotopic (exact) mass is 250 g/mol. The standard InChI is InChI=1S/C14H19FN2O/c1-14(2,3)7-8-16-13(18)17-10-11-5-4-6-12(15)9-11/h4-9H,10H2,1-3H3,(H2,16,17,18)/b8-7+. The third-order valence-corrected chi connectivity index (χ3v) is 2.14. The van der Waals surface area contributed by atoms with Crippen LogP contribution in [0.4, 0.5) is 9.18 Å². The minimum atomic E-state index is -0.306. The second-order valence-electron chi connectivity index (χ2n) is 5.16. The van der Waals surface area contributed by atoms with Crippen LogP contribution in [-0.4, -0.2) is 6.03 Å². The summed E-state index contributed by atoms with van der Waals surface area (Å²) in [4.78, 5) is 11.4. The van der Waals surface area contributed by atoms with Crippen molar-refractivity contribution in [1.82, 2.24) is 10.6 Å². The van der Waals surface area contributed by atoms with Gasteiger partial charge in [-0.05, 0) is 23.1 Å². The van der Waals surface area contributed by atoms with Gasteiger partial charge in [0, 0.05) is 12.7 Å². The zero-order chi connectivity index (χ0) is 13.6. The van der Waals surface area contributed by atoms with Crippen LogP contribution in [0.1, 0.15) is 26.3 Å². The molecular weight excluding hydrogens is 231 g/mol. The van der Waals surface area contributed by atoms with Gasteiger partial charge < -0.3 is 10.6 Å². The Balaban J connectivity index is 2.36. The number of hydrogen-bond donors (Lipinski definition) is 2. The van der Waals surface area contributed by atoms with Crippen LogP contribution in [0, 0.1) is 11.2 Å². The van der Waals surface area contributed by atoms with Gasteiger partial charge in [0.15, 0.2) is 0 Å². The molecular formula is C14H19FN2O. The van der Waals surface area contributed by atoms with Gasteiger partial charge in [0.05, 0.1) is 0 Å². The summed E-state index contributed by atoms with van der Waals surface area (Å²) in [6.07, 6.45) is 3.51. The summed E-state index contributed by atoms with van der Waals surface area (Å²) in [5, 5.41) is 5.24. The maximum Gasteiger partial charge on any atom is 0.319 e. The number of nitrogens with one attached hydrogen (secondary N) is 2. The van der Waals surface area contributed by atoms with E-state index in [1.165, 1.54) is 12.1 Å². The summed E-state index contributed by atoms with van der Waals surface area (Å²) < 4.78 is 12.9. The van der Waals surface area contributed by atoms with Gasteiger partial charge in [-0.15, -0.1) is 0 Å². The number of carbonyl (C=O) groups excluding carboxylic acids is 1. The van der Waals surface area contributed by atoms with Gasteiger partial charge in [-0.2, -0.15) is 0 Å². The molecule has 1 aromatic carbocycles. The van der Waals surface area contributed by atoms with Crippen molar-refractivity contribution in [1.29, 1.82) is 0 Å². The molecule has 0 unspecified atom stereocenters. The Morgan fingerprint density at radius 2 is 2.11 bits per heavy atom. The van der Waals surface area contributed by atoms with Gasteiger partial charge >= 0.3 is 6.03 Å². The molecule has 0 aliphatic rings. The first-order valence-corrected chi connectivity index (χ1v) is 5.83. The molecule has 0 heterocycles. The topological polar surface area (TPSA) is 41.1 Å². The summed E-state index contributed by atoms with van der Waals surface area (Å²) in [6.45, 7) is 6.41. The van der Waals surface area contributed by atoms with E-state index in [1.807, 2.05) is 26.8 Å². The van der Waals surface area contributed by atoms with Crippen LogP contribution in [0.5, 0.6) is 0 Å². The Hall–Kier alpha value is -1.84. The van der Waals surface area contributed by atoms with Crippen molar-refractivity contribution in [2.24, 2.45) is 5.41 Å². The van der Waals surface area contributed by atoms with Crippen molar-refractivity contribution < 1.29 is 9.18 Å². The summed E-state index contributed by atoms with van der Waals surface area (Å²) in [6, 6.07) is 5.83. The lowest BCUT2D eigenvalue weighted by molar-refractivity contribution is 0.243. The molecule has 2 amide bonds. The van der Waals surface area contributed by atoms with E-state index in [-0.39, 0.29) is 17.3 Å². The SMILES string of the molecule is CC(C)(C)/C=C/NC(=O)NCc1cccc(F)c1. The highest BCUT2D eigenvalue weighted by Crippen LogP contribution is 2.13. The highest BCUT2D eigenvalue weighted by atomic mass is 19.1. The van der Waals surface area contributed by atoms with Crippen LogP contribution in [0.2, 0.25) is 0 Å². The fourth-order valence-electron chi connectivity index (χ4n) is 1.25. The van der Waals surface area contributed by atoms with Crippen molar-refractivity contribution in [3.8, 4) is 0 Å². The van der Waals surface area contributed by atoms with E-state index in [2.05, 4.69) is 10.6 Å². The zero-order valence-corrected chi connectivity index (χ0v) is 11.0. The fourth-order valence-corrected chi connectivity index (χ4v) is 1.25. The molecule has 0 spiro atoms. The highest BCUT2D eigenvalue weighted by molar-refractivity contribution is 5.74. The molecule has 0 aromatic heterocycles. The average Bonchev–Trinajstić information content (AvgIpc) is 2.25. The number of allylic oxidation sites excluding steroid dienone is 1. The first-order valence-electron chi connectivity index (χ1n) is 5.83. The van der Waals surface area contributed by atoms with Crippen LogP contribution >= 0.6 is 0 Å². The van der Waals surface area contributed by atoms with Crippen LogP contribution in [0.3, 0.4) is 0 Å². The smallest absolute Gasteiger partial charge is 0.319 e. The molecule has 1 aromatic rings. The number of halogens is 1. The van der Waals surface area contributed by atoms with E-state index in [0.29, 0.717) is 6.54 Å². The molecule has 0 atom stereocenters. The second-order valence-corrected chi connectivity index (χ2v) is 5.16. The van der Waals surface area contributed by atoms with Crippen molar-refractivity contribution in [3.05, 3.63) is 47.9 Å². The van der Waals surface area contributed by atoms with Gasteiger partial charge in [0.2, 0.25) is 0 Å². The maximum absolute atomic E-state index is 12.9. The normalized spacial score (nSPS) is 11.6. The Morgan fingerprint density at radius 3 is 2.72 bits per heavy atom. The van der Waals surface area contributed by atoms with E-state index < -0.39 is 0 Å². The molecule has 0 fully saturated rings. The predicted octanol–water partition coefficient (Wildman–Crippen LogP) is 3.18. The van der Waals surface area contributed by atoms with Crippen LogP contribution in [-0.2, 0) is 6.54 Å². The molecule has 0 bridgehead atoms. The summed E-state index contributed by atoms with van der Waals surface area (Å²) in [5.41, 5.74) is 0.750. The molecule has 1 rings (SSSR count). The molecule has 0 aliphatic carbocycles. The first kappa shape index (κ1) is 14.2. The Morgan fingerprint density at radius 1 is 1.39 bits per heavy atom. The van der Waals surface area contributed by atoms with Crippen molar-refractivity contribution >= 4 is 6.03 Å². The molecule has 0 saturated carbocycles. The van der Waals surface area contributed by atoms with E-state index >= 15 is 0 Å². The lowest BCUT2D eigenvalue weighted by atomic mass is 9.97. The van der Waals surface area contributed by atoms with Gasteiger partial charge in [-0.25, -0.2) is 9.18 Å². The third kappa shape index (κ3) is 6.03. The number of urea groups is 1. The number of carbonyl (C=O) groups is 1. The summed E-state index contributed by atoms with van der Waals surface area (Å²) >= 11 is 0. The second kappa shape index (κ2) is 6.19. The van der Waals surface area contributed by atoms with Crippen LogP contribution < -0.4 is 10.6 Å². The maximum atomic E-state index is 12.9. The molecule has 0 radical (unpaired) electrons. The Labute approximate surface area is 107 Å². The number of hydrogen-bond acceptors (Lipinski definition) is 1. The minimum Gasteiger partial charge on any atom is -0.334 e. The van der Waals surface area contributed by atoms with Crippen molar-refractivity contribution in [2.45, 2.75) is 27.3 Å². The fraction of sp³-hybridized carbons (Fsp3) is 0.357. The molecule has 4 heteroatoms. The summed E-state index contributed by atoms with van der Waals surface area (Å²) in [7, 11) is 0. The Bertz CT molecular complexity index is 436. The zero-order valence-electron chi connectivity index (χ0n) is 11.0. The van der Waals surface area contributed by atoms with E-state index in [4.69, 9.17) is 0 Å². The van der Waals surface area contributed by atoms with Crippen molar-refractivity contribution in [2.75, 3.05) is 0 Å². The van der Waals surface area contributed by atoms with Gasteiger partial charge in [-0.3, -0.25) is 0 Å². The minimum absolute atomic E-state index is 0.0236. The lowest BCUT2D eigenvalue weighted by Gasteiger charge is -2.11. The highest BCUT2D eigenvalue weighted by Gasteiger charge is 2.04. The molecule has 2 N–H and O–H groups in total. The third-order valence-electron chi connectivity index (χ3n) is 2.14. The summed E-state index contributed by atoms with van der Waals surface area (Å²) in [5.74, 6) is -0.303. The molecule has 3 nitrogen and oxygen atoms in total. The number of rotatable bonds is 3. The van der Waals surface area contributed by atoms with Crippen molar-refractivity contribution in [3.63, 3.8) is 0 Å². The lowest BCUT2D eigenvalue weighted by Crippen LogP contribution is -2.31. The van der Waals surface area contributed by atoms with E-state index in [1.54, 1.807) is 18.3 Å². The first-order chi connectivity index (χ1) is 8.37. The molecule has 0 aliphatic heterocycles. The van der Waals surface area contributed by atoms with Gasteiger partial charge in [-0.1, -0.05) is 39.0 Å². The van der Waals surface area contributed by atoms with E-state index in [0.717, 1.165) is 5.56 Å². The number of benzene rings is 1.